The second-order valence-corrected chi connectivity index (χ2v) is 4.45. The molecule has 3 rings (SSSR count). The zero-order chi connectivity index (χ0) is 13.4. The maximum Gasteiger partial charge on any atom is 0.227 e. The van der Waals surface area contributed by atoms with Crippen molar-refractivity contribution in [1.82, 2.24) is 9.97 Å². The van der Waals surface area contributed by atoms with Crippen molar-refractivity contribution in [3.8, 4) is 0 Å². The first-order valence-electron chi connectivity index (χ1n) is 5.58. The molecule has 1 N–H and O–H groups in total. The summed E-state index contributed by atoms with van der Waals surface area (Å²) in [4.78, 5) is 34.8. The average Bonchev–Trinajstić information content (AvgIpc) is 2.92. The molecule has 19 heavy (non-hydrogen) atoms. The van der Waals surface area contributed by atoms with E-state index >= 15 is 0 Å². The summed E-state index contributed by atoms with van der Waals surface area (Å²) < 4.78 is 0. The van der Waals surface area contributed by atoms with Crippen LogP contribution in [0, 0.1) is 0 Å². The number of Topliss-reactive ketones (excluding diaryl/α,β-unsaturated/α-hetero) is 2. The van der Waals surface area contributed by atoms with Gasteiger partial charge in [0.25, 0.3) is 0 Å². The maximum absolute atomic E-state index is 12.2. The Bertz CT molecular complexity index is 691. The van der Waals surface area contributed by atoms with Crippen molar-refractivity contribution >= 4 is 34.6 Å². The van der Waals surface area contributed by atoms with E-state index in [-0.39, 0.29) is 17.1 Å². The number of ketones is 2. The van der Waals surface area contributed by atoms with E-state index in [9.17, 15) is 9.59 Å². The van der Waals surface area contributed by atoms with Crippen molar-refractivity contribution < 1.29 is 9.59 Å². The number of carbonyl (C=O) groups excluding carboxylic acids is 2. The molecule has 1 heterocycles. The lowest BCUT2D eigenvalue weighted by Crippen LogP contribution is -2.38. The molecule has 5 nitrogen and oxygen atoms in total. The molecule has 0 bridgehead atoms. The van der Waals surface area contributed by atoms with E-state index in [1.54, 1.807) is 24.3 Å². The highest BCUT2D eigenvalue weighted by Gasteiger charge is 2.39. The third-order valence-corrected chi connectivity index (χ3v) is 3.21. The summed E-state index contributed by atoms with van der Waals surface area (Å²) in [6.45, 7) is 0. The number of hydrogen-bond acceptors (Lipinski definition) is 4. The smallest absolute Gasteiger partial charge is 0.227 e. The predicted octanol–water partition coefficient (Wildman–Crippen LogP) is 2.17. The van der Waals surface area contributed by atoms with Crippen molar-refractivity contribution in [1.29, 1.82) is 0 Å². The number of benzene rings is 1. The topological polar surface area (TPSA) is 75.2 Å². The molecule has 1 unspecified atom stereocenters. The monoisotopic (exact) mass is 273 g/mol. The molecular weight excluding hydrogens is 266 g/mol. The summed E-state index contributed by atoms with van der Waals surface area (Å²) in [6, 6.07) is 8.88. The lowest BCUT2D eigenvalue weighted by atomic mass is 9.96. The van der Waals surface area contributed by atoms with Crippen LogP contribution >= 0.6 is 11.6 Å². The van der Waals surface area contributed by atoms with Crippen LogP contribution in [-0.2, 0) is 0 Å². The highest BCUT2D eigenvalue weighted by molar-refractivity contribution is 6.64. The van der Waals surface area contributed by atoms with Gasteiger partial charge in [0.1, 0.15) is 22.5 Å². The quantitative estimate of drug-likeness (QED) is 0.809. The molecule has 1 atom stereocenters. The molecule has 0 saturated heterocycles. The van der Waals surface area contributed by atoms with Crippen LogP contribution in [0.3, 0.4) is 0 Å². The molecule has 0 saturated carbocycles. The molecule has 0 radical (unpaired) electrons. The van der Waals surface area contributed by atoms with Gasteiger partial charge in [0.05, 0.1) is 12.0 Å². The van der Waals surface area contributed by atoms with Crippen molar-refractivity contribution in [3.05, 3.63) is 48.0 Å². The number of nitrogens with zero attached hydrogens (tertiary/aromatic N) is 2. The summed E-state index contributed by atoms with van der Waals surface area (Å²) in [5.74, 6) is -0.803. The number of fused-ring (bicyclic) bond motifs is 1. The van der Waals surface area contributed by atoms with Crippen molar-refractivity contribution in [2.75, 3.05) is 0 Å². The largest absolute Gasteiger partial charge is 0.341 e. The number of halogens is 1. The summed E-state index contributed by atoms with van der Waals surface area (Å²) in [5.41, 5.74) is 0.829. The fourth-order valence-electron chi connectivity index (χ4n) is 1.89. The number of carbonyl (C=O) groups is 2. The van der Waals surface area contributed by atoms with Crippen LogP contribution in [-0.4, -0.2) is 32.6 Å². The zero-order valence-electron chi connectivity index (χ0n) is 9.63. The average molecular weight is 274 g/mol. The Morgan fingerprint density at radius 3 is 2.68 bits per heavy atom. The van der Waals surface area contributed by atoms with Gasteiger partial charge in [-0.05, 0) is 12.1 Å². The minimum Gasteiger partial charge on any atom is -0.341 e. The summed E-state index contributed by atoms with van der Waals surface area (Å²) in [7, 11) is 0. The highest BCUT2D eigenvalue weighted by Crippen LogP contribution is 2.23. The summed E-state index contributed by atoms with van der Waals surface area (Å²) >= 11 is 6.01. The predicted molar refractivity (Wildman–Crippen MR) is 70.4 cm³/mol. The fraction of sp³-hybridized carbons (Fsp3) is 0.0769. The van der Waals surface area contributed by atoms with E-state index in [4.69, 9.17) is 11.6 Å². The van der Waals surface area contributed by atoms with Crippen molar-refractivity contribution in [2.45, 2.75) is 5.38 Å². The number of nitrogens with one attached hydrogen (secondary N) is 1. The van der Waals surface area contributed by atoms with Crippen LogP contribution in [0.2, 0.25) is 0 Å². The number of para-hydroxylation sites is 1. The zero-order valence-corrected chi connectivity index (χ0v) is 10.4. The first kappa shape index (κ1) is 11.8. The SMILES string of the molecule is O=C1C(=Nc2ccccc2)C(Cl)C(=O)c2nc[nH]c21. The number of imidazole rings is 1. The first-order chi connectivity index (χ1) is 9.18. The number of rotatable bonds is 1. The molecule has 0 aliphatic heterocycles. The molecule has 1 aliphatic rings. The molecule has 6 heteroatoms. The minimum atomic E-state index is -1.09. The number of hydrogen-bond donors (Lipinski definition) is 1. The molecule has 1 aliphatic carbocycles. The molecule has 0 fully saturated rings. The van der Waals surface area contributed by atoms with E-state index < -0.39 is 16.9 Å². The third kappa shape index (κ3) is 1.88. The normalized spacial score (nSPS) is 20.7. The van der Waals surface area contributed by atoms with E-state index in [2.05, 4.69) is 15.0 Å². The standard InChI is InChI=1S/C13H8ClN3O2/c14-8-9(17-7-4-2-1-3-5-7)13(19)11-10(12(8)18)15-6-16-11/h1-6,8H,(H,15,16). The Kier molecular flexibility index (Phi) is 2.76. The van der Waals surface area contributed by atoms with Crippen LogP contribution < -0.4 is 0 Å². The van der Waals surface area contributed by atoms with Gasteiger partial charge in [-0.1, -0.05) is 18.2 Å². The Balaban J connectivity index is 2.11. The number of aromatic amines is 1. The molecular formula is C13H8ClN3O2. The third-order valence-electron chi connectivity index (χ3n) is 2.81. The number of aromatic nitrogens is 2. The molecule has 1 aromatic heterocycles. The lowest BCUT2D eigenvalue weighted by Gasteiger charge is -2.15. The first-order valence-corrected chi connectivity index (χ1v) is 6.02. The van der Waals surface area contributed by atoms with Gasteiger partial charge in [0, 0.05) is 0 Å². The van der Waals surface area contributed by atoms with Gasteiger partial charge in [0.15, 0.2) is 0 Å². The Morgan fingerprint density at radius 1 is 1.21 bits per heavy atom. The van der Waals surface area contributed by atoms with Crippen LogP contribution in [0.25, 0.3) is 0 Å². The Labute approximate surface area is 113 Å². The van der Waals surface area contributed by atoms with Crippen LogP contribution in [0.4, 0.5) is 5.69 Å². The van der Waals surface area contributed by atoms with Gasteiger partial charge in [0.2, 0.25) is 11.6 Å². The summed E-state index contributed by atoms with van der Waals surface area (Å²) in [5, 5.41) is -1.09. The van der Waals surface area contributed by atoms with E-state index in [0.717, 1.165) is 0 Å². The minimum absolute atomic E-state index is 0.0228. The van der Waals surface area contributed by atoms with Gasteiger partial charge < -0.3 is 4.98 Å². The van der Waals surface area contributed by atoms with Gasteiger partial charge in [-0.2, -0.15) is 0 Å². The molecule has 0 spiro atoms. The molecule has 0 amide bonds. The molecule has 1 aromatic carbocycles. The fourth-order valence-corrected chi connectivity index (χ4v) is 2.14. The van der Waals surface area contributed by atoms with Crippen molar-refractivity contribution in [2.24, 2.45) is 4.99 Å². The Hall–Kier alpha value is -2.27. The van der Waals surface area contributed by atoms with E-state index in [1.165, 1.54) is 6.33 Å². The summed E-state index contributed by atoms with van der Waals surface area (Å²) in [6.07, 6.45) is 1.30. The van der Waals surface area contributed by atoms with Crippen LogP contribution in [0.5, 0.6) is 0 Å². The van der Waals surface area contributed by atoms with Crippen molar-refractivity contribution in [3.63, 3.8) is 0 Å². The van der Waals surface area contributed by atoms with Gasteiger partial charge in [-0.15, -0.1) is 11.6 Å². The van der Waals surface area contributed by atoms with Gasteiger partial charge >= 0.3 is 0 Å². The maximum atomic E-state index is 12.2. The van der Waals surface area contributed by atoms with Crippen LogP contribution in [0.1, 0.15) is 21.0 Å². The number of alkyl halides is 1. The second kappa shape index (κ2) is 4.44. The molecule has 2 aromatic rings. The van der Waals surface area contributed by atoms with E-state index in [0.29, 0.717) is 5.69 Å². The van der Waals surface area contributed by atoms with E-state index in [1.807, 2.05) is 6.07 Å². The lowest BCUT2D eigenvalue weighted by molar-refractivity contribution is 0.0963. The molecule has 94 valence electrons. The van der Waals surface area contributed by atoms with Crippen LogP contribution in [0.15, 0.2) is 41.7 Å². The number of H-pyrrole nitrogens is 1. The van der Waals surface area contributed by atoms with Gasteiger partial charge in [-0.3, -0.25) is 9.59 Å². The number of aliphatic imine (C=N–C) groups is 1. The van der Waals surface area contributed by atoms with Gasteiger partial charge in [-0.25, -0.2) is 9.98 Å². The second-order valence-electron chi connectivity index (χ2n) is 4.01. The highest BCUT2D eigenvalue weighted by atomic mass is 35.5. The Morgan fingerprint density at radius 2 is 1.95 bits per heavy atom.